The molecule has 1 aliphatic rings. The van der Waals surface area contributed by atoms with E-state index >= 15 is 0 Å². The monoisotopic (exact) mass is 474 g/mol. The molecule has 5 rings (SSSR count). The van der Waals surface area contributed by atoms with Crippen LogP contribution in [0.3, 0.4) is 0 Å². The molecule has 0 spiro atoms. The smallest absolute Gasteiger partial charge is 0.423 e. The van der Waals surface area contributed by atoms with Crippen LogP contribution in [-0.4, -0.2) is 39.6 Å². The van der Waals surface area contributed by atoms with Crippen molar-refractivity contribution in [3.63, 3.8) is 0 Å². The van der Waals surface area contributed by atoms with Crippen LogP contribution in [0.5, 0.6) is 0 Å². The zero-order valence-electron chi connectivity index (χ0n) is 18.5. The third-order valence-electron chi connectivity index (χ3n) is 5.92. The van der Waals surface area contributed by atoms with E-state index in [0.717, 1.165) is 43.2 Å². The number of anilines is 1. The average molecular weight is 474 g/mol. The van der Waals surface area contributed by atoms with Gasteiger partial charge in [-0.2, -0.15) is 0 Å². The number of hydrogen-bond donors (Lipinski definition) is 4. The van der Waals surface area contributed by atoms with Crippen LogP contribution >= 0.6 is 11.3 Å². The predicted molar refractivity (Wildman–Crippen MR) is 133 cm³/mol. The van der Waals surface area contributed by atoms with E-state index in [1.54, 1.807) is 24.3 Å². The van der Waals surface area contributed by atoms with E-state index in [-0.39, 0.29) is 0 Å². The lowest BCUT2D eigenvalue weighted by Gasteiger charge is -2.20. The van der Waals surface area contributed by atoms with Crippen molar-refractivity contribution in [1.82, 2.24) is 9.97 Å². The van der Waals surface area contributed by atoms with Crippen molar-refractivity contribution in [3.05, 3.63) is 69.7 Å². The van der Waals surface area contributed by atoms with E-state index in [0.29, 0.717) is 43.0 Å². The van der Waals surface area contributed by atoms with E-state index in [1.807, 2.05) is 25.1 Å². The minimum Gasteiger partial charge on any atom is -0.423 e. The molecule has 172 valence electrons. The highest BCUT2D eigenvalue weighted by molar-refractivity contribution is 7.20. The van der Waals surface area contributed by atoms with Gasteiger partial charge in [0.15, 0.2) is 5.82 Å². The average Bonchev–Trinajstić information content (AvgIpc) is 3.18. The molecule has 3 heterocycles. The fourth-order valence-electron chi connectivity index (χ4n) is 4.27. The molecule has 1 aliphatic heterocycles. The number of thiophene rings is 1. The normalized spacial score (nSPS) is 13.0. The number of rotatable bonds is 6. The molecule has 0 radical (unpaired) electrons. The van der Waals surface area contributed by atoms with E-state index < -0.39 is 13.0 Å². The van der Waals surface area contributed by atoms with Crippen molar-refractivity contribution in [2.45, 2.75) is 26.5 Å². The fraction of sp³-hybridized carbons (Fsp3) is 0.208. The maximum Gasteiger partial charge on any atom is 0.488 e. The van der Waals surface area contributed by atoms with Gasteiger partial charge in [0.1, 0.15) is 5.82 Å². The molecule has 0 saturated heterocycles. The van der Waals surface area contributed by atoms with Gasteiger partial charge in [0, 0.05) is 39.1 Å². The first kappa shape index (κ1) is 22.5. The molecule has 0 saturated carbocycles. The lowest BCUT2D eigenvalue weighted by atomic mass is 9.79. The van der Waals surface area contributed by atoms with Crippen molar-refractivity contribution >= 4 is 45.7 Å². The minimum atomic E-state index is -1.52. The molecule has 34 heavy (non-hydrogen) atoms. The number of aryl methyl sites for hydroxylation is 1. The second kappa shape index (κ2) is 9.15. The van der Waals surface area contributed by atoms with Gasteiger partial charge in [0.2, 0.25) is 5.91 Å². The van der Waals surface area contributed by atoms with Crippen LogP contribution in [0.25, 0.3) is 21.5 Å². The molecule has 0 aliphatic carbocycles. The third-order valence-corrected chi connectivity index (χ3v) is 7.07. The summed E-state index contributed by atoms with van der Waals surface area (Å²) >= 11 is 1.51. The SMILES string of the molecule is Cc1sc2c(C(N)=O)cccc2c1-c1nc2c(c(NCc3cccc(B(O)O)c3)n1)CCOC2. The zero-order valence-corrected chi connectivity index (χ0v) is 19.4. The van der Waals surface area contributed by atoms with Crippen LogP contribution in [0.15, 0.2) is 42.5 Å². The number of nitrogens with one attached hydrogen (secondary N) is 1. The standard InChI is InChI=1S/C24H23BN4O4S/c1-13-20(17-6-3-7-18(22(26)30)21(17)34-13)24-28-19-12-33-9-8-16(19)23(29-24)27-11-14-4-2-5-15(10-14)25(31)32/h2-7,10,31-32H,8-9,11-12H2,1H3,(H2,26,30)(H,27,28,29). The molecule has 0 unspecified atom stereocenters. The largest absolute Gasteiger partial charge is 0.488 e. The number of nitrogens with zero attached hydrogens (tertiary/aromatic N) is 2. The number of amides is 1. The van der Waals surface area contributed by atoms with Gasteiger partial charge in [0.05, 0.1) is 24.5 Å². The number of carbonyl (C=O) groups is 1. The minimum absolute atomic E-state index is 0.402. The van der Waals surface area contributed by atoms with Crippen molar-refractivity contribution in [3.8, 4) is 11.4 Å². The lowest BCUT2D eigenvalue weighted by Crippen LogP contribution is -2.30. The summed E-state index contributed by atoms with van der Waals surface area (Å²) in [6, 6.07) is 12.6. The van der Waals surface area contributed by atoms with E-state index in [1.165, 1.54) is 11.3 Å². The summed E-state index contributed by atoms with van der Waals surface area (Å²) in [6.07, 6.45) is 0.697. The van der Waals surface area contributed by atoms with Crippen LogP contribution in [-0.2, 0) is 24.3 Å². The second-order valence-electron chi connectivity index (χ2n) is 8.18. The van der Waals surface area contributed by atoms with Crippen molar-refractivity contribution < 1.29 is 19.6 Å². The van der Waals surface area contributed by atoms with Crippen molar-refractivity contribution in [1.29, 1.82) is 0 Å². The number of primary amides is 1. The molecule has 4 aromatic rings. The van der Waals surface area contributed by atoms with Crippen LogP contribution in [0.2, 0.25) is 0 Å². The summed E-state index contributed by atoms with van der Waals surface area (Å²) in [4.78, 5) is 22.7. The molecule has 0 atom stereocenters. The fourth-order valence-corrected chi connectivity index (χ4v) is 5.44. The predicted octanol–water partition coefficient (Wildman–Crippen LogP) is 2.13. The highest BCUT2D eigenvalue weighted by Gasteiger charge is 2.23. The number of nitrogens with two attached hydrogens (primary N) is 1. The van der Waals surface area contributed by atoms with Gasteiger partial charge in [0.25, 0.3) is 0 Å². The van der Waals surface area contributed by atoms with Gasteiger partial charge < -0.3 is 25.8 Å². The number of benzene rings is 2. The Morgan fingerprint density at radius 3 is 2.85 bits per heavy atom. The second-order valence-corrected chi connectivity index (χ2v) is 9.40. The molecule has 0 bridgehead atoms. The first-order valence-corrected chi connectivity index (χ1v) is 11.7. The van der Waals surface area contributed by atoms with E-state index in [4.69, 9.17) is 20.4 Å². The number of ether oxygens (including phenoxy) is 1. The summed E-state index contributed by atoms with van der Waals surface area (Å²) in [5, 5.41) is 23.3. The molecule has 1 amide bonds. The summed E-state index contributed by atoms with van der Waals surface area (Å²) in [6.45, 7) is 3.45. The lowest BCUT2D eigenvalue weighted by molar-refractivity contribution is 0.100. The molecule has 0 fully saturated rings. The maximum atomic E-state index is 11.9. The topological polar surface area (TPSA) is 131 Å². The van der Waals surface area contributed by atoms with E-state index in [2.05, 4.69) is 5.32 Å². The Hall–Kier alpha value is -3.31. The Labute approximate surface area is 200 Å². The Balaban J connectivity index is 1.57. The zero-order chi connectivity index (χ0) is 23.8. The van der Waals surface area contributed by atoms with Crippen molar-refractivity contribution in [2.24, 2.45) is 5.73 Å². The molecule has 8 nitrogen and oxygen atoms in total. The summed E-state index contributed by atoms with van der Waals surface area (Å²) in [5.41, 5.74) is 10.1. The van der Waals surface area contributed by atoms with Crippen LogP contribution in [0, 0.1) is 6.92 Å². The van der Waals surface area contributed by atoms with Gasteiger partial charge in [-0.15, -0.1) is 11.3 Å². The number of fused-ring (bicyclic) bond motifs is 2. The molecule has 10 heteroatoms. The number of aromatic nitrogens is 2. The molecular formula is C24H23BN4O4S. The number of hydrogen-bond acceptors (Lipinski definition) is 8. The first-order valence-electron chi connectivity index (χ1n) is 10.9. The Morgan fingerprint density at radius 2 is 2.06 bits per heavy atom. The summed E-state index contributed by atoms with van der Waals surface area (Å²) < 4.78 is 6.49. The highest BCUT2D eigenvalue weighted by atomic mass is 32.1. The molecule has 5 N–H and O–H groups in total. The Bertz CT molecular complexity index is 1410. The number of carbonyl (C=O) groups excluding carboxylic acids is 1. The van der Waals surface area contributed by atoms with Crippen LogP contribution in [0.1, 0.15) is 32.1 Å². The van der Waals surface area contributed by atoms with Crippen LogP contribution in [0.4, 0.5) is 5.82 Å². The first-order chi connectivity index (χ1) is 16.4. The Kier molecular flexibility index (Phi) is 6.05. The van der Waals surface area contributed by atoms with E-state index in [9.17, 15) is 14.8 Å². The maximum absolute atomic E-state index is 11.9. The van der Waals surface area contributed by atoms with Gasteiger partial charge >= 0.3 is 7.12 Å². The third kappa shape index (κ3) is 4.16. The molecule has 2 aromatic heterocycles. The summed E-state index contributed by atoms with van der Waals surface area (Å²) in [7, 11) is -1.52. The van der Waals surface area contributed by atoms with Gasteiger partial charge in [-0.25, -0.2) is 9.97 Å². The van der Waals surface area contributed by atoms with Crippen molar-refractivity contribution in [2.75, 3.05) is 11.9 Å². The molecular weight excluding hydrogens is 451 g/mol. The molecule has 2 aromatic carbocycles. The Morgan fingerprint density at radius 1 is 1.24 bits per heavy atom. The van der Waals surface area contributed by atoms with Gasteiger partial charge in [-0.3, -0.25) is 4.79 Å². The van der Waals surface area contributed by atoms with Gasteiger partial charge in [-0.1, -0.05) is 36.4 Å². The quantitative estimate of drug-likeness (QED) is 0.315. The van der Waals surface area contributed by atoms with Crippen LogP contribution < -0.4 is 16.5 Å². The van der Waals surface area contributed by atoms with Gasteiger partial charge in [-0.05, 0) is 24.0 Å². The highest BCUT2D eigenvalue weighted by Crippen LogP contribution is 2.39. The summed E-state index contributed by atoms with van der Waals surface area (Å²) in [5.74, 6) is 0.829.